The number of hydrogen-bond acceptors (Lipinski definition) is 2. The van der Waals surface area contributed by atoms with E-state index in [0.717, 1.165) is 6.42 Å². The molecule has 0 amide bonds. The van der Waals surface area contributed by atoms with E-state index in [1.807, 2.05) is 35.6 Å². The monoisotopic (exact) mass is 349 g/mol. The molecule has 0 saturated heterocycles. The first-order chi connectivity index (χ1) is 12.8. The average Bonchev–Trinajstić information content (AvgIpc) is 3.07. The van der Waals surface area contributed by atoms with Crippen LogP contribution in [0.3, 0.4) is 0 Å². The molecule has 0 radical (unpaired) electrons. The fourth-order valence-corrected chi connectivity index (χ4v) is 4.82. The second-order valence-electron chi connectivity index (χ2n) is 6.58. The molecule has 1 heterocycles. The van der Waals surface area contributed by atoms with Gasteiger partial charge in [0.1, 0.15) is 0 Å². The van der Waals surface area contributed by atoms with Crippen LogP contribution in [0.1, 0.15) is 16.7 Å². The Hall–Kier alpha value is -3.15. The second-order valence-corrected chi connectivity index (χ2v) is 7.66. The van der Waals surface area contributed by atoms with Gasteiger partial charge in [-0.05, 0) is 52.6 Å². The molecule has 122 valence electrons. The SMILES string of the molecule is N#Cc1ccc(Cc2ccc3c(c2)sc2ccc4ccccc4c23)cc1. The first-order valence-corrected chi connectivity index (χ1v) is 9.45. The van der Waals surface area contributed by atoms with E-state index in [9.17, 15) is 0 Å². The van der Waals surface area contributed by atoms with Crippen LogP contribution in [-0.4, -0.2) is 0 Å². The molecule has 0 atom stereocenters. The summed E-state index contributed by atoms with van der Waals surface area (Å²) < 4.78 is 2.68. The molecule has 5 aromatic rings. The van der Waals surface area contributed by atoms with Gasteiger partial charge in [-0.2, -0.15) is 5.26 Å². The Balaban J connectivity index is 1.62. The molecule has 1 aromatic heterocycles. The van der Waals surface area contributed by atoms with Crippen LogP contribution in [0.2, 0.25) is 0 Å². The van der Waals surface area contributed by atoms with Crippen molar-refractivity contribution in [2.45, 2.75) is 6.42 Å². The van der Waals surface area contributed by atoms with E-state index in [-0.39, 0.29) is 0 Å². The maximum atomic E-state index is 8.93. The summed E-state index contributed by atoms with van der Waals surface area (Å²) >= 11 is 1.86. The summed E-state index contributed by atoms with van der Waals surface area (Å²) in [5.74, 6) is 0. The quantitative estimate of drug-likeness (QED) is 0.349. The molecule has 5 rings (SSSR count). The van der Waals surface area contributed by atoms with Crippen molar-refractivity contribution < 1.29 is 0 Å². The molecule has 0 aliphatic rings. The summed E-state index contributed by atoms with van der Waals surface area (Å²) in [5, 5.41) is 14.3. The maximum absolute atomic E-state index is 8.93. The van der Waals surface area contributed by atoms with Crippen molar-refractivity contribution in [1.29, 1.82) is 5.26 Å². The molecule has 0 unspecified atom stereocenters. The highest BCUT2D eigenvalue weighted by molar-refractivity contribution is 7.26. The van der Waals surface area contributed by atoms with Gasteiger partial charge in [-0.3, -0.25) is 0 Å². The zero-order chi connectivity index (χ0) is 17.5. The first kappa shape index (κ1) is 15.1. The Morgan fingerprint density at radius 3 is 2.38 bits per heavy atom. The molecule has 0 bridgehead atoms. The fourth-order valence-electron chi connectivity index (χ4n) is 3.63. The van der Waals surface area contributed by atoms with Crippen LogP contribution in [0.25, 0.3) is 30.9 Å². The lowest BCUT2D eigenvalue weighted by Gasteiger charge is -2.03. The largest absolute Gasteiger partial charge is 0.192 e. The van der Waals surface area contributed by atoms with Crippen molar-refractivity contribution in [2.24, 2.45) is 0 Å². The number of rotatable bonds is 2. The van der Waals surface area contributed by atoms with Gasteiger partial charge in [0.25, 0.3) is 0 Å². The average molecular weight is 349 g/mol. The minimum atomic E-state index is 0.709. The van der Waals surface area contributed by atoms with E-state index in [1.165, 1.54) is 42.1 Å². The highest BCUT2D eigenvalue weighted by Gasteiger charge is 2.09. The van der Waals surface area contributed by atoms with Crippen LogP contribution in [0.15, 0.2) is 78.9 Å². The Bertz CT molecular complexity index is 1300. The van der Waals surface area contributed by atoms with Crippen LogP contribution in [-0.2, 0) is 6.42 Å². The topological polar surface area (TPSA) is 23.8 Å². The summed E-state index contributed by atoms with van der Waals surface area (Å²) in [4.78, 5) is 0. The van der Waals surface area contributed by atoms with Gasteiger partial charge in [0.15, 0.2) is 0 Å². The van der Waals surface area contributed by atoms with Crippen molar-refractivity contribution >= 4 is 42.3 Å². The second kappa shape index (κ2) is 5.98. The van der Waals surface area contributed by atoms with Crippen LogP contribution in [0.5, 0.6) is 0 Å². The van der Waals surface area contributed by atoms with Crippen LogP contribution in [0, 0.1) is 11.3 Å². The number of nitriles is 1. The lowest BCUT2D eigenvalue weighted by Crippen LogP contribution is -1.88. The van der Waals surface area contributed by atoms with Gasteiger partial charge in [0.2, 0.25) is 0 Å². The van der Waals surface area contributed by atoms with Crippen molar-refractivity contribution in [3.05, 3.63) is 95.6 Å². The number of nitrogens with zero attached hydrogens (tertiary/aromatic N) is 1. The summed E-state index contributed by atoms with van der Waals surface area (Å²) in [6.45, 7) is 0. The summed E-state index contributed by atoms with van der Waals surface area (Å²) in [6.07, 6.45) is 0.886. The number of thiophene rings is 1. The zero-order valence-corrected chi connectivity index (χ0v) is 14.9. The van der Waals surface area contributed by atoms with Gasteiger partial charge in [-0.15, -0.1) is 11.3 Å². The van der Waals surface area contributed by atoms with Gasteiger partial charge in [-0.25, -0.2) is 0 Å². The van der Waals surface area contributed by atoms with E-state index in [4.69, 9.17) is 5.26 Å². The van der Waals surface area contributed by atoms with Crippen molar-refractivity contribution in [3.63, 3.8) is 0 Å². The van der Waals surface area contributed by atoms with Crippen molar-refractivity contribution in [3.8, 4) is 6.07 Å². The third-order valence-electron chi connectivity index (χ3n) is 4.92. The maximum Gasteiger partial charge on any atom is 0.0991 e. The predicted molar refractivity (Wildman–Crippen MR) is 111 cm³/mol. The van der Waals surface area contributed by atoms with Crippen molar-refractivity contribution in [2.75, 3.05) is 0 Å². The summed E-state index contributed by atoms with van der Waals surface area (Å²) in [5.41, 5.74) is 3.24. The number of hydrogen-bond donors (Lipinski definition) is 0. The molecule has 0 fully saturated rings. The van der Waals surface area contributed by atoms with Gasteiger partial charge in [-0.1, -0.05) is 54.6 Å². The minimum absolute atomic E-state index is 0.709. The predicted octanol–water partition coefficient (Wildman–Crippen LogP) is 6.67. The van der Waals surface area contributed by atoms with E-state index in [0.29, 0.717) is 5.56 Å². The molecule has 0 aliphatic heterocycles. The molecule has 0 spiro atoms. The van der Waals surface area contributed by atoms with E-state index in [1.54, 1.807) is 0 Å². The number of benzene rings is 4. The summed E-state index contributed by atoms with van der Waals surface area (Å²) in [7, 11) is 0. The fraction of sp³-hybridized carbons (Fsp3) is 0.0417. The van der Waals surface area contributed by atoms with Gasteiger partial charge in [0.05, 0.1) is 11.6 Å². The summed E-state index contributed by atoms with van der Waals surface area (Å²) in [6, 6.07) is 29.9. The van der Waals surface area contributed by atoms with Crippen LogP contribution < -0.4 is 0 Å². The molecule has 0 N–H and O–H groups in total. The normalized spacial score (nSPS) is 11.2. The minimum Gasteiger partial charge on any atom is -0.192 e. The molecular weight excluding hydrogens is 334 g/mol. The lowest BCUT2D eigenvalue weighted by molar-refractivity contribution is 1.20. The van der Waals surface area contributed by atoms with Gasteiger partial charge in [0, 0.05) is 20.2 Å². The van der Waals surface area contributed by atoms with E-state index >= 15 is 0 Å². The van der Waals surface area contributed by atoms with Crippen LogP contribution in [0.4, 0.5) is 0 Å². The lowest BCUT2D eigenvalue weighted by atomic mass is 10.0. The molecule has 0 saturated carbocycles. The van der Waals surface area contributed by atoms with Crippen LogP contribution >= 0.6 is 11.3 Å². The molecular formula is C24H15NS. The molecule has 1 nitrogen and oxygen atoms in total. The van der Waals surface area contributed by atoms with E-state index in [2.05, 4.69) is 60.7 Å². The molecule has 0 aliphatic carbocycles. The molecule has 26 heavy (non-hydrogen) atoms. The molecule has 4 aromatic carbocycles. The Morgan fingerprint density at radius 1 is 0.731 bits per heavy atom. The number of fused-ring (bicyclic) bond motifs is 5. The molecule has 2 heteroatoms. The third-order valence-corrected chi connectivity index (χ3v) is 6.04. The van der Waals surface area contributed by atoms with Gasteiger partial charge < -0.3 is 0 Å². The smallest absolute Gasteiger partial charge is 0.0991 e. The van der Waals surface area contributed by atoms with Gasteiger partial charge >= 0.3 is 0 Å². The first-order valence-electron chi connectivity index (χ1n) is 8.64. The zero-order valence-electron chi connectivity index (χ0n) is 14.1. The van der Waals surface area contributed by atoms with Crippen molar-refractivity contribution in [1.82, 2.24) is 0 Å². The highest BCUT2D eigenvalue weighted by Crippen LogP contribution is 2.38. The highest BCUT2D eigenvalue weighted by atomic mass is 32.1. The van der Waals surface area contributed by atoms with E-state index < -0.39 is 0 Å². The third kappa shape index (κ3) is 2.45. The Morgan fingerprint density at radius 2 is 1.54 bits per heavy atom. The standard InChI is InChI=1S/C24H15NS/c25-15-17-7-5-16(6-8-17)13-18-9-11-21-23(14-18)26-22-12-10-19-3-1-2-4-20(19)24(21)22/h1-12,14H,13H2. The Labute approximate surface area is 155 Å². The Kier molecular flexibility index (Phi) is 3.48.